The summed E-state index contributed by atoms with van der Waals surface area (Å²) in [6.45, 7) is 4.26. The first-order valence-electron chi connectivity index (χ1n) is 11.0. The van der Waals surface area contributed by atoms with Crippen molar-refractivity contribution in [3.05, 3.63) is 88.0 Å². The zero-order valence-electron chi connectivity index (χ0n) is 18.8. The summed E-state index contributed by atoms with van der Waals surface area (Å²) in [7, 11) is 0. The van der Waals surface area contributed by atoms with Crippen molar-refractivity contribution in [3.63, 3.8) is 0 Å². The number of nitrogens with one attached hydrogen (secondary N) is 1. The first-order valence-corrected chi connectivity index (χ1v) is 11.4. The highest BCUT2D eigenvalue weighted by atomic mass is 35.5. The number of rotatable bonds is 8. The maximum Gasteiger partial charge on any atom is 0.265 e. The first kappa shape index (κ1) is 23.4. The quantitative estimate of drug-likeness (QED) is 0.322. The Morgan fingerprint density at radius 1 is 1.00 bits per heavy atom. The Balaban J connectivity index is 1.69. The molecule has 0 saturated heterocycles. The second-order valence-corrected chi connectivity index (χ2v) is 7.93. The molecule has 7 heteroatoms. The smallest absolute Gasteiger partial charge is 0.265 e. The number of amides is 1. The molecule has 6 nitrogen and oxygen atoms in total. The maximum absolute atomic E-state index is 13.4. The molecule has 0 fully saturated rings. The van der Waals surface area contributed by atoms with Crippen LogP contribution in [0.1, 0.15) is 20.3 Å². The Bertz CT molecular complexity index is 1360. The van der Waals surface area contributed by atoms with Crippen LogP contribution in [0.5, 0.6) is 11.5 Å². The van der Waals surface area contributed by atoms with Gasteiger partial charge in [-0.25, -0.2) is 0 Å². The fourth-order valence-electron chi connectivity index (χ4n) is 3.54. The Hall–Kier alpha value is -3.77. The minimum atomic E-state index is -0.933. The van der Waals surface area contributed by atoms with Crippen molar-refractivity contribution >= 4 is 34.2 Å². The third kappa shape index (κ3) is 4.92. The summed E-state index contributed by atoms with van der Waals surface area (Å²) in [6.07, 6.45) is -0.603. The predicted molar refractivity (Wildman–Crippen MR) is 134 cm³/mol. The fraction of sp³-hybridized carbons (Fsp3) is 0.185. The molecule has 1 aromatic heterocycles. The van der Waals surface area contributed by atoms with Crippen LogP contribution in [-0.4, -0.2) is 18.6 Å². The number of halogens is 1. The summed E-state index contributed by atoms with van der Waals surface area (Å²) in [4.78, 5) is 26.4. The van der Waals surface area contributed by atoms with Crippen molar-refractivity contribution in [1.82, 2.24) is 0 Å². The third-order valence-electron chi connectivity index (χ3n) is 5.23. The molecule has 1 heterocycles. The summed E-state index contributed by atoms with van der Waals surface area (Å²) < 4.78 is 17.5. The Morgan fingerprint density at radius 3 is 2.41 bits per heavy atom. The van der Waals surface area contributed by atoms with Gasteiger partial charge in [-0.05, 0) is 61.9 Å². The van der Waals surface area contributed by atoms with Gasteiger partial charge in [0.2, 0.25) is 11.2 Å². The van der Waals surface area contributed by atoms with Gasteiger partial charge >= 0.3 is 0 Å². The maximum atomic E-state index is 13.4. The van der Waals surface area contributed by atoms with Gasteiger partial charge in [0.25, 0.3) is 5.91 Å². The second-order valence-electron chi connectivity index (χ2n) is 7.53. The molecule has 0 spiro atoms. The molecule has 174 valence electrons. The molecule has 3 aromatic carbocycles. The largest absolute Gasteiger partial charge is 0.494 e. The van der Waals surface area contributed by atoms with Gasteiger partial charge in [0.1, 0.15) is 11.3 Å². The fourth-order valence-corrected chi connectivity index (χ4v) is 3.76. The van der Waals surface area contributed by atoms with Gasteiger partial charge < -0.3 is 19.2 Å². The minimum absolute atomic E-state index is 0.0551. The van der Waals surface area contributed by atoms with Crippen LogP contribution in [-0.2, 0) is 4.79 Å². The highest BCUT2D eigenvalue weighted by molar-refractivity contribution is 6.33. The van der Waals surface area contributed by atoms with E-state index in [1.54, 1.807) is 79.7 Å². The summed E-state index contributed by atoms with van der Waals surface area (Å²) >= 11 is 6.40. The Labute approximate surface area is 202 Å². The average Bonchev–Trinajstić information content (AvgIpc) is 2.85. The molecule has 0 radical (unpaired) electrons. The van der Waals surface area contributed by atoms with Crippen LogP contribution in [0, 0.1) is 0 Å². The van der Waals surface area contributed by atoms with Crippen LogP contribution in [0.4, 0.5) is 5.69 Å². The van der Waals surface area contributed by atoms with Gasteiger partial charge in [0.15, 0.2) is 11.9 Å². The van der Waals surface area contributed by atoms with Crippen molar-refractivity contribution in [1.29, 1.82) is 0 Å². The molecule has 0 aliphatic rings. The zero-order chi connectivity index (χ0) is 24.1. The number of hydrogen-bond acceptors (Lipinski definition) is 5. The van der Waals surface area contributed by atoms with Crippen molar-refractivity contribution in [2.75, 3.05) is 11.9 Å². The minimum Gasteiger partial charge on any atom is -0.494 e. The first-order chi connectivity index (χ1) is 16.5. The monoisotopic (exact) mass is 477 g/mol. The van der Waals surface area contributed by atoms with E-state index < -0.39 is 6.10 Å². The number of anilines is 1. The third-order valence-corrected chi connectivity index (χ3v) is 5.56. The van der Waals surface area contributed by atoms with E-state index in [1.807, 2.05) is 6.92 Å². The number of ether oxygens (including phenoxy) is 2. The van der Waals surface area contributed by atoms with Crippen LogP contribution in [0.3, 0.4) is 0 Å². The molecule has 1 atom stereocenters. The van der Waals surface area contributed by atoms with Gasteiger partial charge in [-0.2, -0.15) is 0 Å². The summed E-state index contributed by atoms with van der Waals surface area (Å²) in [5.41, 5.74) is 1.13. The van der Waals surface area contributed by atoms with Crippen LogP contribution >= 0.6 is 11.6 Å². The van der Waals surface area contributed by atoms with Gasteiger partial charge in [0, 0.05) is 11.3 Å². The highest BCUT2D eigenvalue weighted by Gasteiger charge is 2.25. The van der Waals surface area contributed by atoms with Gasteiger partial charge in [-0.3, -0.25) is 9.59 Å². The number of benzene rings is 3. The lowest BCUT2D eigenvalue weighted by molar-refractivity contribution is -0.122. The van der Waals surface area contributed by atoms with Gasteiger partial charge in [0.05, 0.1) is 17.0 Å². The molecular weight excluding hydrogens is 454 g/mol. The molecule has 4 rings (SSSR count). The van der Waals surface area contributed by atoms with Crippen molar-refractivity contribution in [2.45, 2.75) is 26.4 Å². The number of carbonyl (C=O) groups excluding carboxylic acids is 1. The number of hydrogen-bond donors (Lipinski definition) is 1. The van der Waals surface area contributed by atoms with E-state index in [1.165, 1.54) is 0 Å². The second kappa shape index (κ2) is 10.4. The van der Waals surface area contributed by atoms with Gasteiger partial charge in [-0.1, -0.05) is 42.8 Å². The van der Waals surface area contributed by atoms with Crippen molar-refractivity contribution in [3.8, 4) is 22.8 Å². The van der Waals surface area contributed by atoms with E-state index >= 15 is 0 Å². The van der Waals surface area contributed by atoms with Crippen LogP contribution in [0.2, 0.25) is 5.02 Å². The molecule has 34 heavy (non-hydrogen) atoms. The zero-order valence-corrected chi connectivity index (χ0v) is 19.6. The molecule has 1 N–H and O–H groups in total. The molecule has 0 bridgehead atoms. The van der Waals surface area contributed by atoms with Crippen LogP contribution in [0.15, 0.2) is 82.0 Å². The van der Waals surface area contributed by atoms with Crippen molar-refractivity contribution in [2.24, 2.45) is 0 Å². The SMILES string of the molecule is CCOc1ccc(NC(=O)C(CC)Oc2c(-c3ccccc3Cl)oc3ccccc3c2=O)cc1. The Morgan fingerprint density at radius 2 is 1.71 bits per heavy atom. The number of para-hydroxylation sites is 1. The van der Waals surface area contributed by atoms with E-state index in [-0.39, 0.29) is 22.8 Å². The molecule has 1 amide bonds. The van der Waals surface area contributed by atoms with Crippen LogP contribution in [0.25, 0.3) is 22.3 Å². The molecule has 4 aromatic rings. The summed E-state index contributed by atoms with van der Waals surface area (Å²) in [5.74, 6) is 0.452. The Kier molecular flexibility index (Phi) is 7.18. The molecule has 0 aliphatic carbocycles. The number of fused-ring (bicyclic) bond motifs is 1. The molecular formula is C27H24ClNO5. The van der Waals surface area contributed by atoms with Gasteiger partial charge in [-0.15, -0.1) is 0 Å². The predicted octanol–water partition coefficient (Wildman–Crippen LogP) is 6.31. The summed E-state index contributed by atoms with van der Waals surface area (Å²) in [6, 6.07) is 20.9. The molecule has 0 aliphatic heterocycles. The van der Waals surface area contributed by atoms with Crippen LogP contribution < -0.4 is 20.2 Å². The lowest BCUT2D eigenvalue weighted by Crippen LogP contribution is -2.34. The molecule has 1 unspecified atom stereocenters. The van der Waals surface area contributed by atoms with E-state index in [0.29, 0.717) is 46.0 Å². The van der Waals surface area contributed by atoms with Crippen molar-refractivity contribution < 1.29 is 18.7 Å². The van der Waals surface area contributed by atoms with E-state index in [0.717, 1.165) is 0 Å². The molecule has 0 saturated carbocycles. The summed E-state index contributed by atoms with van der Waals surface area (Å²) in [5, 5.41) is 3.59. The lowest BCUT2D eigenvalue weighted by atomic mass is 10.1. The number of carbonyl (C=O) groups is 1. The lowest BCUT2D eigenvalue weighted by Gasteiger charge is -2.19. The normalized spacial score (nSPS) is 11.7. The van der Waals surface area contributed by atoms with E-state index in [9.17, 15) is 9.59 Å². The standard InChI is InChI=1S/C27H24ClNO5/c1-3-22(27(31)29-17-13-15-18(16-14-17)32-4-2)33-26-24(30)20-10-6-8-12-23(20)34-25(26)19-9-5-7-11-21(19)28/h5-16,22H,3-4H2,1-2H3,(H,29,31). The highest BCUT2D eigenvalue weighted by Crippen LogP contribution is 2.35. The van der Waals surface area contributed by atoms with E-state index in [4.69, 9.17) is 25.5 Å². The topological polar surface area (TPSA) is 77.8 Å². The van der Waals surface area contributed by atoms with E-state index in [2.05, 4.69) is 5.32 Å². The average molecular weight is 478 g/mol.